The summed E-state index contributed by atoms with van der Waals surface area (Å²) in [5, 5.41) is 3.30. The molecule has 34 heavy (non-hydrogen) atoms. The Kier molecular flexibility index (Phi) is 8.41. The van der Waals surface area contributed by atoms with Crippen molar-refractivity contribution in [1.29, 1.82) is 0 Å². The molecule has 6 unspecified atom stereocenters. The van der Waals surface area contributed by atoms with E-state index in [-0.39, 0.29) is 42.5 Å². The normalized spacial score (nSPS) is 35.1. The van der Waals surface area contributed by atoms with E-state index in [1.165, 1.54) is 12.8 Å². The fourth-order valence-corrected chi connectivity index (χ4v) is 6.80. The number of carbonyl (C=O) groups is 2. The molecule has 0 aromatic heterocycles. The molecule has 2 heterocycles. The number of nitrogens with zero attached hydrogens (tertiary/aromatic N) is 3. The van der Waals surface area contributed by atoms with Gasteiger partial charge >= 0.3 is 6.09 Å². The quantitative estimate of drug-likeness (QED) is 0.606. The largest absolute Gasteiger partial charge is 0.445 e. The molecule has 4 aliphatic rings. The van der Waals surface area contributed by atoms with Crippen molar-refractivity contribution < 1.29 is 19.1 Å². The molecule has 4 fully saturated rings. The smallest absolute Gasteiger partial charge is 0.410 e. The number of ether oxygens (including phenoxy) is 2. The molecule has 2 aliphatic heterocycles. The predicted octanol–water partition coefficient (Wildman–Crippen LogP) is 3.06. The van der Waals surface area contributed by atoms with E-state index < -0.39 is 0 Å². The first-order valence-electron chi connectivity index (χ1n) is 13.5. The maximum absolute atomic E-state index is 13.4. The fourth-order valence-electron chi connectivity index (χ4n) is 6.80. The molecule has 2 saturated carbocycles. The summed E-state index contributed by atoms with van der Waals surface area (Å²) in [5.41, 5.74) is 0. The molecule has 194 valence electrons. The number of fused-ring (bicyclic) bond motifs is 1. The average Bonchev–Trinajstić information content (AvgIpc) is 3.67. The third kappa shape index (κ3) is 5.71. The van der Waals surface area contributed by atoms with Crippen molar-refractivity contribution in [1.82, 2.24) is 20.0 Å². The Balaban J connectivity index is 1.45. The van der Waals surface area contributed by atoms with Crippen LogP contribution in [0.4, 0.5) is 4.79 Å². The van der Waals surface area contributed by atoms with E-state index in [1.54, 1.807) is 14.0 Å². The van der Waals surface area contributed by atoms with Gasteiger partial charge in [-0.25, -0.2) is 4.79 Å². The van der Waals surface area contributed by atoms with Gasteiger partial charge in [-0.3, -0.25) is 10.1 Å². The Morgan fingerprint density at radius 3 is 2.47 bits per heavy atom. The lowest BCUT2D eigenvalue weighted by Gasteiger charge is -2.54. The molecule has 0 bridgehead atoms. The van der Waals surface area contributed by atoms with E-state index in [2.05, 4.69) is 31.1 Å². The van der Waals surface area contributed by atoms with Crippen LogP contribution in [-0.4, -0.2) is 97.0 Å². The first-order valence-corrected chi connectivity index (χ1v) is 13.5. The van der Waals surface area contributed by atoms with Crippen LogP contribution in [0, 0.1) is 11.8 Å². The molecule has 4 rings (SSSR count). The average molecular weight is 479 g/mol. The summed E-state index contributed by atoms with van der Waals surface area (Å²) < 4.78 is 11.4. The van der Waals surface area contributed by atoms with Crippen LogP contribution in [0.2, 0.25) is 0 Å². The highest BCUT2D eigenvalue weighted by molar-refractivity contribution is 5.75. The summed E-state index contributed by atoms with van der Waals surface area (Å²) in [6, 6.07) is 0.900. The number of nitrogens with one attached hydrogen (secondary N) is 1. The minimum absolute atomic E-state index is 0.00757. The molecule has 0 spiro atoms. The monoisotopic (exact) mass is 478 g/mol. The maximum atomic E-state index is 13.4. The molecular weight excluding hydrogens is 432 g/mol. The summed E-state index contributed by atoms with van der Waals surface area (Å²) in [6.07, 6.45) is 8.21. The lowest BCUT2D eigenvalue weighted by molar-refractivity contribution is -0.143. The SMILES string of the molecule is CCC(CN(C)C1CC1)C1CCC2C(C1)N(C(=O)OC1CCC(OC)NC1)C[C@H](C)N2C(C)=O. The standard InChI is InChI=1S/C26H46N4O4/c1-6-19(16-28(4)21-8-9-21)20-7-11-23-24(13-20)29(15-17(2)30(23)18(3)31)26(32)34-22-10-12-25(33-5)27-14-22/h17,19-25,27H,6-16H2,1-5H3/t17-,19?,20?,22?,23?,24?,25?/m0/s1. The number of hydrogen-bond acceptors (Lipinski definition) is 6. The Morgan fingerprint density at radius 2 is 1.88 bits per heavy atom. The summed E-state index contributed by atoms with van der Waals surface area (Å²) >= 11 is 0. The van der Waals surface area contributed by atoms with Crippen molar-refractivity contribution >= 4 is 12.0 Å². The number of hydrogen-bond donors (Lipinski definition) is 1. The summed E-state index contributed by atoms with van der Waals surface area (Å²) in [4.78, 5) is 32.6. The van der Waals surface area contributed by atoms with Crippen LogP contribution < -0.4 is 5.32 Å². The molecule has 2 saturated heterocycles. The molecule has 8 heteroatoms. The number of piperazine rings is 1. The lowest BCUT2D eigenvalue weighted by Crippen LogP contribution is -2.67. The Bertz CT molecular complexity index is 709. The first kappa shape index (κ1) is 25.7. The number of amides is 2. The van der Waals surface area contributed by atoms with Gasteiger partial charge in [-0.1, -0.05) is 13.3 Å². The Morgan fingerprint density at radius 1 is 1.12 bits per heavy atom. The second-order valence-corrected chi connectivity index (χ2v) is 11.2. The van der Waals surface area contributed by atoms with Gasteiger partial charge < -0.3 is 24.2 Å². The van der Waals surface area contributed by atoms with Crippen molar-refractivity contribution in [3.63, 3.8) is 0 Å². The highest BCUT2D eigenvalue weighted by atomic mass is 16.6. The van der Waals surface area contributed by atoms with E-state index in [9.17, 15) is 9.59 Å². The summed E-state index contributed by atoms with van der Waals surface area (Å²) in [5.74, 6) is 1.32. The lowest BCUT2D eigenvalue weighted by atomic mass is 9.72. The van der Waals surface area contributed by atoms with Crippen molar-refractivity contribution in [3.8, 4) is 0 Å². The van der Waals surface area contributed by atoms with Gasteiger partial charge in [0, 0.05) is 45.8 Å². The third-order valence-electron chi connectivity index (χ3n) is 8.87. The molecule has 0 aromatic rings. The minimum atomic E-state index is -0.212. The third-order valence-corrected chi connectivity index (χ3v) is 8.87. The fraction of sp³-hybridized carbons (Fsp3) is 0.923. The molecular formula is C26H46N4O4. The molecule has 8 nitrogen and oxygen atoms in total. The van der Waals surface area contributed by atoms with Crippen LogP contribution in [0.1, 0.15) is 72.1 Å². The zero-order chi connectivity index (χ0) is 24.4. The van der Waals surface area contributed by atoms with Gasteiger partial charge in [-0.15, -0.1) is 0 Å². The summed E-state index contributed by atoms with van der Waals surface area (Å²) in [7, 11) is 3.97. The van der Waals surface area contributed by atoms with Crippen molar-refractivity contribution in [3.05, 3.63) is 0 Å². The topological polar surface area (TPSA) is 74.4 Å². The number of carbonyl (C=O) groups excluding carboxylic acids is 2. The van der Waals surface area contributed by atoms with Crippen LogP contribution in [0.25, 0.3) is 0 Å². The van der Waals surface area contributed by atoms with Gasteiger partial charge in [0.2, 0.25) is 5.91 Å². The highest BCUT2D eigenvalue weighted by Gasteiger charge is 2.48. The van der Waals surface area contributed by atoms with Gasteiger partial charge in [-0.2, -0.15) is 0 Å². The molecule has 0 aromatic carbocycles. The van der Waals surface area contributed by atoms with Crippen molar-refractivity contribution in [2.24, 2.45) is 11.8 Å². The molecule has 2 amide bonds. The molecule has 1 N–H and O–H groups in total. The van der Waals surface area contributed by atoms with Gasteiger partial charge in [0.1, 0.15) is 12.3 Å². The second-order valence-electron chi connectivity index (χ2n) is 11.2. The Labute approximate surface area is 205 Å². The first-order chi connectivity index (χ1) is 16.3. The van der Waals surface area contributed by atoms with Gasteiger partial charge in [0.05, 0.1) is 12.1 Å². The molecule has 0 radical (unpaired) electrons. The number of rotatable bonds is 7. The maximum Gasteiger partial charge on any atom is 0.410 e. The second kappa shape index (κ2) is 11.1. The van der Waals surface area contributed by atoms with Crippen LogP contribution in [0.15, 0.2) is 0 Å². The van der Waals surface area contributed by atoms with Crippen LogP contribution in [0.3, 0.4) is 0 Å². The van der Waals surface area contributed by atoms with Gasteiger partial charge in [-0.05, 0) is 70.8 Å². The van der Waals surface area contributed by atoms with E-state index in [0.717, 1.165) is 51.1 Å². The molecule has 7 atom stereocenters. The zero-order valence-corrected chi connectivity index (χ0v) is 21.9. The van der Waals surface area contributed by atoms with E-state index in [4.69, 9.17) is 9.47 Å². The van der Waals surface area contributed by atoms with Gasteiger partial charge in [0.15, 0.2) is 0 Å². The predicted molar refractivity (Wildman–Crippen MR) is 131 cm³/mol. The van der Waals surface area contributed by atoms with Crippen LogP contribution in [0.5, 0.6) is 0 Å². The van der Waals surface area contributed by atoms with Crippen molar-refractivity contribution in [2.45, 2.75) is 109 Å². The summed E-state index contributed by atoms with van der Waals surface area (Å²) in [6.45, 7) is 8.34. The Hall–Kier alpha value is -1.38. The van der Waals surface area contributed by atoms with E-state index in [1.807, 2.05) is 9.80 Å². The molecule has 2 aliphatic carbocycles. The number of piperidine rings is 1. The number of methoxy groups -OCH3 is 1. The van der Waals surface area contributed by atoms with Crippen LogP contribution >= 0.6 is 0 Å². The van der Waals surface area contributed by atoms with Crippen LogP contribution in [-0.2, 0) is 14.3 Å². The zero-order valence-electron chi connectivity index (χ0n) is 21.9. The highest BCUT2D eigenvalue weighted by Crippen LogP contribution is 2.40. The van der Waals surface area contributed by atoms with Gasteiger partial charge in [0.25, 0.3) is 0 Å². The van der Waals surface area contributed by atoms with E-state index in [0.29, 0.717) is 24.9 Å². The van der Waals surface area contributed by atoms with E-state index >= 15 is 0 Å². The van der Waals surface area contributed by atoms with Crippen molar-refractivity contribution in [2.75, 3.05) is 33.8 Å². The minimum Gasteiger partial charge on any atom is -0.445 e.